The molecular weight excluding hydrogens is 335 g/mol. The van der Waals surface area contributed by atoms with Crippen LogP contribution < -0.4 is 15.2 Å². The van der Waals surface area contributed by atoms with Crippen molar-refractivity contribution in [2.75, 3.05) is 17.6 Å². The predicted molar refractivity (Wildman–Crippen MR) is 84.7 cm³/mol. The van der Waals surface area contributed by atoms with Crippen molar-refractivity contribution < 1.29 is 13.2 Å². The SMILES string of the molecule is COc1ccc(NS(=O)(=O)c2cccc(Cl)c2Cl)cc1N. The number of halogens is 2. The van der Waals surface area contributed by atoms with Gasteiger partial charge in [0.25, 0.3) is 10.0 Å². The third-order valence-corrected chi connectivity index (χ3v) is 5.04. The van der Waals surface area contributed by atoms with E-state index >= 15 is 0 Å². The first kappa shape index (κ1) is 15.8. The number of hydrogen-bond donors (Lipinski definition) is 2. The Bertz CT molecular complexity index is 779. The summed E-state index contributed by atoms with van der Waals surface area (Å²) in [5, 5.41) is 0.127. The Labute approximate surface area is 132 Å². The van der Waals surface area contributed by atoms with Gasteiger partial charge in [0, 0.05) is 0 Å². The van der Waals surface area contributed by atoms with Crippen molar-refractivity contribution in [3.8, 4) is 5.75 Å². The highest BCUT2D eigenvalue weighted by Crippen LogP contribution is 2.31. The molecule has 112 valence electrons. The first-order valence-electron chi connectivity index (χ1n) is 5.75. The molecule has 2 rings (SSSR count). The number of nitrogens with two attached hydrogens (primary N) is 1. The number of rotatable bonds is 4. The summed E-state index contributed by atoms with van der Waals surface area (Å²) < 4.78 is 32.0. The van der Waals surface area contributed by atoms with Crippen molar-refractivity contribution in [2.24, 2.45) is 0 Å². The number of ether oxygens (including phenoxy) is 1. The third kappa shape index (κ3) is 3.34. The van der Waals surface area contributed by atoms with E-state index in [0.717, 1.165) is 0 Å². The van der Waals surface area contributed by atoms with Crippen LogP contribution in [-0.2, 0) is 10.0 Å². The lowest BCUT2D eigenvalue weighted by molar-refractivity contribution is 0.417. The fraction of sp³-hybridized carbons (Fsp3) is 0.0769. The van der Waals surface area contributed by atoms with E-state index in [4.69, 9.17) is 33.7 Å². The molecule has 0 atom stereocenters. The number of nitrogens with one attached hydrogen (secondary N) is 1. The van der Waals surface area contributed by atoms with Crippen molar-refractivity contribution in [2.45, 2.75) is 4.90 Å². The van der Waals surface area contributed by atoms with E-state index in [0.29, 0.717) is 17.1 Å². The van der Waals surface area contributed by atoms with E-state index < -0.39 is 10.0 Å². The number of anilines is 2. The Morgan fingerprint density at radius 3 is 2.52 bits per heavy atom. The van der Waals surface area contributed by atoms with Crippen LogP contribution in [0.5, 0.6) is 5.75 Å². The molecule has 2 aromatic carbocycles. The van der Waals surface area contributed by atoms with Crippen LogP contribution in [0.25, 0.3) is 0 Å². The van der Waals surface area contributed by atoms with E-state index in [1.165, 1.54) is 37.4 Å². The first-order valence-corrected chi connectivity index (χ1v) is 7.99. The third-order valence-electron chi connectivity index (χ3n) is 2.69. The van der Waals surface area contributed by atoms with Crippen LogP contribution >= 0.6 is 23.2 Å². The van der Waals surface area contributed by atoms with Crippen LogP contribution in [0.1, 0.15) is 0 Å². The number of sulfonamides is 1. The molecule has 0 aromatic heterocycles. The monoisotopic (exact) mass is 346 g/mol. The molecular formula is C13H12Cl2N2O3S. The molecule has 0 unspecified atom stereocenters. The normalized spacial score (nSPS) is 11.2. The zero-order valence-electron chi connectivity index (χ0n) is 10.9. The Morgan fingerprint density at radius 2 is 1.90 bits per heavy atom. The molecule has 8 heteroatoms. The average molecular weight is 347 g/mol. The number of benzene rings is 2. The van der Waals surface area contributed by atoms with E-state index in [2.05, 4.69) is 4.72 Å². The van der Waals surface area contributed by atoms with Crippen molar-refractivity contribution in [1.82, 2.24) is 0 Å². The second-order valence-electron chi connectivity index (χ2n) is 4.11. The van der Waals surface area contributed by atoms with Gasteiger partial charge >= 0.3 is 0 Å². The van der Waals surface area contributed by atoms with Gasteiger partial charge in [-0.05, 0) is 30.3 Å². The van der Waals surface area contributed by atoms with E-state index in [1.807, 2.05) is 0 Å². The molecule has 2 aromatic rings. The zero-order valence-corrected chi connectivity index (χ0v) is 13.3. The van der Waals surface area contributed by atoms with E-state index in [1.54, 1.807) is 6.07 Å². The Kier molecular flexibility index (Phi) is 4.51. The van der Waals surface area contributed by atoms with Gasteiger partial charge in [-0.15, -0.1) is 0 Å². The van der Waals surface area contributed by atoms with Gasteiger partial charge in [0.1, 0.15) is 10.6 Å². The smallest absolute Gasteiger partial charge is 0.263 e. The number of nitrogen functional groups attached to an aromatic ring is 1. The maximum atomic E-state index is 12.3. The van der Waals surface area contributed by atoms with Crippen LogP contribution in [0.2, 0.25) is 10.0 Å². The highest BCUT2D eigenvalue weighted by molar-refractivity contribution is 7.92. The fourth-order valence-electron chi connectivity index (χ4n) is 1.70. The van der Waals surface area contributed by atoms with E-state index in [-0.39, 0.29) is 14.9 Å². The lowest BCUT2D eigenvalue weighted by Crippen LogP contribution is -2.13. The van der Waals surface area contributed by atoms with Crippen LogP contribution in [-0.4, -0.2) is 15.5 Å². The van der Waals surface area contributed by atoms with Gasteiger partial charge in [0.05, 0.1) is 28.5 Å². The summed E-state index contributed by atoms with van der Waals surface area (Å²) in [4.78, 5) is -0.106. The highest BCUT2D eigenvalue weighted by atomic mass is 35.5. The Hall–Kier alpha value is -1.63. The fourth-order valence-corrected chi connectivity index (χ4v) is 3.51. The van der Waals surface area contributed by atoms with Gasteiger partial charge in [0.15, 0.2) is 0 Å². The molecule has 21 heavy (non-hydrogen) atoms. The summed E-state index contributed by atoms with van der Waals surface area (Å²) in [7, 11) is -2.39. The van der Waals surface area contributed by atoms with Gasteiger partial charge < -0.3 is 10.5 Å². The Balaban J connectivity index is 2.38. The van der Waals surface area contributed by atoms with Gasteiger partial charge in [-0.25, -0.2) is 8.42 Å². The quantitative estimate of drug-likeness (QED) is 0.831. The maximum absolute atomic E-state index is 12.3. The topological polar surface area (TPSA) is 81.4 Å². The van der Waals surface area contributed by atoms with Gasteiger partial charge in [-0.2, -0.15) is 0 Å². The molecule has 3 N–H and O–H groups in total. The molecule has 0 amide bonds. The van der Waals surface area contributed by atoms with Crippen LogP contribution in [0.4, 0.5) is 11.4 Å². The van der Waals surface area contributed by atoms with Crippen molar-refractivity contribution in [3.63, 3.8) is 0 Å². The second kappa shape index (κ2) is 6.01. The number of hydrogen-bond acceptors (Lipinski definition) is 4. The molecule has 0 bridgehead atoms. The maximum Gasteiger partial charge on any atom is 0.263 e. The second-order valence-corrected chi connectivity index (χ2v) is 6.55. The standard InChI is InChI=1S/C13H12Cl2N2O3S/c1-20-11-6-5-8(7-10(11)16)17-21(18,19)12-4-2-3-9(14)13(12)15/h2-7,17H,16H2,1H3. The minimum Gasteiger partial charge on any atom is -0.495 e. The Morgan fingerprint density at radius 1 is 1.19 bits per heavy atom. The predicted octanol–water partition coefficient (Wildman–Crippen LogP) is 3.39. The van der Waals surface area contributed by atoms with Gasteiger partial charge in [-0.3, -0.25) is 4.72 Å². The largest absolute Gasteiger partial charge is 0.495 e. The highest BCUT2D eigenvalue weighted by Gasteiger charge is 2.19. The van der Waals surface area contributed by atoms with Crippen molar-refractivity contribution >= 4 is 44.6 Å². The average Bonchev–Trinajstić information content (AvgIpc) is 2.41. The van der Waals surface area contributed by atoms with E-state index in [9.17, 15) is 8.42 Å². The molecule has 0 aliphatic heterocycles. The van der Waals surface area contributed by atoms with Crippen molar-refractivity contribution in [3.05, 3.63) is 46.4 Å². The summed E-state index contributed by atoms with van der Waals surface area (Å²) in [6, 6.07) is 8.93. The summed E-state index contributed by atoms with van der Waals surface area (Å²) in [5.74, 6) is 0.457. The molecule has 0 heterocycles. The molecule has 0 saturated carbocycles. The first-order chi connectivity index (χ1) is 9.85. The summed E-state index contributed by atoms with van der Waals surface area (Å²) in [6.45, 7) is 0. The lowest BCUT2D eigenvalue weighted by Gasteiger charge is -2.12. The molecule has 0 aliphatic rings. The van der Waals surface area contributed by atoms with Gasteiger partial charge in [-0.1, -0.05) is 29.3 Å². The van der Waals surface area contributed by atoms with Crippen LogP contribution in [0.3, 0.4) is 0 Å². The van der Waals surface area contributed by atoms with Crippen LogP contribution in [0, 0.1) is 0 Å². The molecule has 0 radical (unpaired) electrons. The minimum atomic E-state index is -3.87. The lowest BCUT2D eigenvalue weighted by atomic mass is 10.2. The molecule has 5 nitrogen and oxygen atoms in total. The summed E-state index contributed by atoms with van der Waals surface area (Å²) >= 11 is 11.8. The van der Waals surface area contributed by atoms with Crippen molar-refractivity contribution in [1.29, 1.82) is 0 Å². The molecule has 0 aliphatic carbocycles. The van der Waals surface area contributed by atoms with Gasteiger partial charge in [0.2, 0.25) is 0 Å². The zero-order chi connectivity index (χ0) is 15.6. The minimum absolute atomic E-state index is 0.0341. The summed E-state index contributed by atoms with van der Waals surface area (Å²) in [5.41, 5.74) is 6.35. The summed E-state index contributed by atoms with van der Waals surface area (Å²) in [6.07, 6.45) is 0. The van der Waals surface area contributed by atoms with Crippen LogP contribution in [0.15, 0.2) is 41.3 Å². The molecule has 0 spiro atoms. The molecule has 0 fully saturated rings. The molecule has 0 saturated heterocycles. The number of methoxy groups -OCH3 is 1.